The van der Waals surface area contributed by atoms with Gasteiger partial charge in [0.25, 0.3) is 0 Å². The number of aryl methyl sites for hydroxylation is 1. The average Bonchev–Trinajstić information content (AvgIpc) is 2.33. The Morgan fingerprint density at radius 2 is 2.06 bits per heavy atom. The van der Waals surface area contributed by atoms with Crippen molar-refractivity contribution in [2.75, 3.05) is 0 Å². The Hall–Kier alpha value is -1.39. The maximum Gasteiger partial charge on any atom is 0.145 e. The molecule has 0 fully saturated rings. The number of ether oxygens (including phenoxy) is 1. The third kappa shape index (κ3) is 3.09. The van der Waals surface area contributed by atoms with Crippen molar-refractivity contribution in [3.05, 3.63) is 52.3 Å². The van der Waals surface area contributed by atoms with Crippen LogP contribution in [0.4, 0.5) is 0 Å². The summed E-state index contributed by atoms with van der Waals surface area (Å²) < 4.78 is 6.81. The number of hydrogen-bond acceptors (Lipinski definition) is 3. The van der Waals surface area contributed by atoms with E-state index in [0.29, 0.717) is 5.75 Å². The van der Waals surface area contributed by atoms with Gasteiger partial charge < -0.3 is 10.5 Å². The maximum atomic E-state index is 5.77. The molecule has 4 heteroatoms. The predicted molar refractivity (Wildman–Crippen MR) is 75.8 cm³/mol. The molecule has 2 aromatic rings. The molecule has 94 valence electrons. The van der Waals surface area contributed by atoms with Gasteiger partial charge in [-0.15, -0.1) is 0 Å². The van der Waals surface area contributed by atoms with Crippen LogP contribution in [0.2, 0.25) is 0 Å². The van der Waals surface area contributed by atoms with Crippen molar-refractivity contribution in [1.29, 1.82) is 0 Å². The van der Waals surface area contributed by atoms with E-state index in [1.54, 1.807) is 6.20 Å². The van der Waals surface area contributed by atoms with E-state index < -0.39 is 0 Å². The van der Waals surface area contributed by atoms with Crippen molar-refractivity contribution in [3.63, 3.8) is 0 Å². The van der Waals surface area contributed by atoms with Crippen molar-refractivity contribution in [3.8, 4) is 11.5 Å². The molecule has 0 amide bonds. The lowest BCUT2D eigenvalue weighted by molar-refractivity contribution is 0.475. The number of benzene rings is 1. The Kier molecular flexibility index (Phi) is 3.99. The molecule has 2 N–H and O–H groups in total. The molecule has 1 heterocycles. The summed E-state index contributed by atoms with van der Waals surface area (Å²) in [5, 5.41) is 0. The van der Waals surface area contributed by atoms with Crippen molar-refractivity contribution in [1.82, 2.24) is 4.98 Å². The van der Waals surface area contributed by atoms with E-state index >= 15 is 0 Å². The average molecular weight is 307 g/mol. The molecule has 0 aliphatic heterocycles. The van der Waals surface area contributed by atoms with E-state index in [1.165, 1.54) is 0 Å². The highest BCUT2D eigenvalue weighted by molar-refractivity contribution is 9.10. The van der Waals surface area contributed by atoms with E-state index in [2.05, 4.69) is 20.9 Å². The summed E-state index contributed by atoms with van der Waals surface area (Å²) in [4.78, 5) is 4.26. The highest BCUT2D eigenvalue weighted by atomic mass is 79.9. The molecule has 1 aromatic carbocycles. The Labute approximate surface area is 115 Å². The summed E-state index contributed by atoms with van der Waals surface area (Å²) in [7, 11) is 0. The highest BCUT2D eigenvalue weighted by Gasteiger charge is 2.04. The lowest BCUT2D eigenvalue weighted by Gasteiger charge is -2.10. The fourth-order valence-corrected chi connectivity index (χ4v) is 2.05. The third-order valence-electron chi connectivity index (χ3n) is 2.59. The summed E-state index contributed by atoms with van der Waals surface area (Å²) in [6, 6.07) is 9.60. The van der Waals surface area contributed by atoms with Crippen LogP contribution in [0.15, 0.2) is 41.0 Å². The van der Waals surface area contributed by atoms with Crippen molar-refractivity contribution < 1.29 is 4.74 Å². The number of halogens is 1. The van der Waals surface area contributed by atoms with Crippen LogP contribution < -0.4 is 10.5 Å². The summed E-state index contributed by atoms with van der Waals surface area (Å²) in [5.74, 6) is 1.54. The molecular formula is C14H15BrN2O. The smallest absolute Gasteiger partial charge is 0.145 e. The number of hydrogen-bond donors (Lipinski definition) is 1. The standard InChI is InChI=1S/C14H15BrN2O/c1-9-7-11(15)3-6-14(9)18-12-4-5-13(10(2)16)17-8-12/h3-8,10H,16H2,1-2H3. The van der Waals surface area contributed by atoms with Crippen LogP contribution >= 0.6 is 15.9 Å². The first-order valence-corrected chi connectivity index (χ1v) is 6.51. The van der Waals surface area contributed by atoms with Crippen LogP contribution in [0.3, 0.4) is 0 Å². The van der Waals surface area contributed by atoms with E-state index in [1.807, 2.05) is 44.2 Å². The summed E-state index contributed by atoms with van der Waals surface area (Å²) in [6.45, 7) is 3.91. The molecule has 1 unspecified atom stereocenters. The lowest BCUT2D eigenvalue weighted by atomic mass is 10.2. The van der Waals surface area contributed by atoms with Crippen molar-refractivity contribution in [2.45, 2.75) is 19.9 Å². The minimum Gasteiger partial charge on any atom is -0.455 e. The molecular weight excluding hydrogens is 292 g/mol. The van der Waals surface area contributed by atoms with Gasteiger partial charge in [-0.3, -0.25) is 4.98 Å². The molecule has 0 radical (unpaired) electrons. The van der Waals surface area contributed by atoms with Crippen LogP contribution in [0.25, 0.3) is 0 Å². The molecule has 0 saturated carbocycles. The van der Waals surface area contributed by atoms with Crippen LogP contribution in [0.1, 0.15) is 24.2 Å². The summed E-state index contributed by atoms with van der Waals surface area (Å²) in [5.41, 5.74) is 7.67. The predicted octanol–water partition coefficient (Wildman–Crippen LogP) is 3.96. The van der Waals surface area contributed by atoms with Crippen molar-refractivity contribution >= 4 is 15.9 Å². The van der Waals surface area contributed by atoms with E-state index in [0.717, 1.165) is 21.5 Å². The van der Waals surface area contributed by atoms with Crippen LogP contribution in [0, 0.1) is 6.92 Å². The number of rotatable bonds is 3. The SMILES string of the molecule is Cc1cc(Br)ccc1Oc1ccc(C(C)N)nc1. The quantitative estimate of drug-likeness (QED) is 0.933. The minimum absolute atomic E-state index is 0.0616. The number of nitrogens with two attached hydrogens (primary N) is 1. The molecule has 1 atom stereocenters. The summed E-state index contributed by atoms with van der Waals surface area (Å²) >= 11 is 3.43. The monoisotopic (exact) mass is 306 g/mol. The van der Waals surface area contributed by atoms with Gasteiger partial charge in [0.1, 0.15) is 11.5 Å². The zero-order chi connectivity index (χ0) is 13.1. The van der Waals surface area contributed by atoms with Gasteiger partial charge in [0.05, 0.1) is 11.9 Å². The topological polar surface area (TPSA) is 48.1 Å². The fraction of sp³-hybridized carbons (Fsp3) is 0.214. The first kappa shape index (κ1) is 13.1. The maximum absolute atomic E-state index is 5.77. The Balaban J connectivity index is 2.18. The lowest BCUT2D eigenvalue weighted by Crippen LogP contribution is -2.06. The van der Waals surface area contributed by atoms with Gasteiger partial charge in [0.2, 0.25) is 0 Å². The first-order valence-electron chi connectivity index (χ1n) is 5.72. The molecule has 0 saturated heterocycles. The van der Waals surface area contributed by atoms with Crippen LogP contribution in [-0.2, 0) is 0 Å². The number of aromatic nitrogens is 1. The minimum atomic E-state index is -0.0616. The molecule has 0 aliphatic carbocycles. The second-order valence-electron chi connectivity index (χ2n) is 4.22. The zero-order valence-corrected chi connectivity index (χ0v) is 11.9. The zero-order valence-electron chi connectivity index (χ0n) is 10.4. The van der Waals surface area contributed by atoms with Gasteiger partial charge in [0, 0.05) is 10.5 Å². The molecule has 18 heavy (non-hydrogen) atoms. The Morgan fingerprint density at radius 3 is 2.61 bits per heavy atom. The molecule has 2 rings (SSSR count). The second kappa shape index (κ2) is 5.50. The first-order chi connectivity index (χ1) is 8.56. The van der Waals surface area contributed by atoms with Gasteiger partial charge in [0.15, 0.2) is 0 Å². The molecule has 1 aromatic heterocycles. The van der Waals surface area contributed by atoms with Gasteiger partial charge in [-0.2, -0.15) is 0 Å². The summed E-state index contributed by atoms with van der Waals surface area (Å²) in [6.07, 6.45) is 1.69. The largest absolute Gasteiger partial charge is 0.455 e. The molecule has 3 nitrogen and oxygen atoms in total. The normalized spacial score (nSPS) is 12.2. The Morgan fingerprint density at radius 1 is 1.28 bits per heavy atom. The van der Waals surface area contributed by atoms with E-state index in [4.69, 9.17) is 10.5 Å². The van der Waals surface area contributed by atoms with Crippen LogP contribution in [0.5, 0.6) is 11.5 Å². The van der Waals surface area contributed by atoms with Gasteiger partial charge >= 0.3 is 0 Å². The van der Waals surface area contributed by atoms with Gasteiger partial charge in [-0.1, -0.05) is 15.9 Å². The Bertz CT molecular complexity index is 538. The van der Waals surface area contributed by atoms with Crippen LogP contribution in [-0.4, -0.2) is 4.98 Å². The fourth-order valence-electron chi connectivity index (χ4n) is 1.58. The molecule has 0 bridgehead atoms. The van der Waals surface area contributed by atoms with E-state index in [9.17, 15) is 0 Å². The molecule has 0 aliphatic rings. The highest BCUT2D eigenvalue weighted by Crippen LogP contribution is 2.27. The van der Waals surface area contributed by atoms with Gasteiger partial charge in [-0.25, -0.2) is 0 Å². The van der Waals surface area contributed by atoms with E-state index in [-0.39, 0.29) is 6.04 Å². The second-order valence-corrected chi connectivity index (χ2v) is 5.13. The molecule has 0 spiro atoms. The van der Waals surface area contributed by atoms with Crippen molar-refractivity contribution in [2.24, 2.45) is 5.73 Å². The third-order valence-corrected chi connectivity index (χ3v) is 3.08. The van der Waals surface area contributed by atoms with Gasteiger partial charge in [-0.05, 0) is 49.7 Å². The number of pyridine rings is 1. The number of nitrogens with zero attached hydrogens (tertiary/aromatic N) is 1.